The van der Waals surface area contributed by atoms with Gasteiger partial charge in [-0.2, -0.15) is 0 Å². The number of likely N-dealkylation sites (tertiary alicyclic amines) is 2. The van der Waals surface area contributed by atoms with Crippen molar-refractivity contribution >= 4 is 0 Å². The summed E-state index contributed by atoms with van der Waals surface area (Å²) in [6.45, 7) is 13.8. The van der Waals surface area contributed by atoms with E-state index in [1.54, 1.807) is 0 Å². The van der Waals surface area contributed by atoms with Crippen LogP contribution in [0.1, 0.15) is 59.3 Å². The Bertz CT molecular complexity index is 244. The van der Waals surface area contributed by atoms with Crippen LogP contribution in [-0.2, 0) is 0 Å². The summed E-state index contributed by atoms with van der Waals surface area (Å²) in [6, 6.07) is 0.745. The molecule has 19 heavy (non-hydrogen) atoms. The van der Waals surface area contributed by atoms with E-state index in [-0.39, 0.29) is 0 Å². The molecular formula is C17H34N2. The lowest BCUT2D eigenvalue weighted by molar-refractivity contribution is 0.138. The first-order valence-electron chi connectivity index (χ1n) is 8.65. The predicted octanol–water partition coefficient (Wildman–Crippen LogP) is 3.62. The fraction of sp³-hybridized carbons (Fsp3) is 1.00. The third-order valence-electron chi connectivity index (χ3n) is 5.30. The molecule has 2 nitrogen and oxygen atoms in total. The van der Waals surface area contributed by atoms with Crippen molar-refractivity contribution in [1.29, 1.82) is 0 Å². The number of piperidine rings is 1. The van der Waals surface area contributed by atoms with Crippen LogP contribution in [0.3, 0.4) is 0 Å². The SMILES string of the molecule is CCCC1CCN(CCC2CCN(C(C)C)CC2)C1. The molecule has 0 amide bonds. The van der Waals surface area contributed by atoms with E-state index in [0.29, 0.717) is 0 Å². The molecule has 1 atom stereocenters. The summed E-state index contributed by atoms with van der Waals surface area (Å²) in [6.07, 6.45) is 8.59. The van der Waals surface area contributed by atoms with Crippen molar-refractivity contribution in [3.8, 4) is 0 Å². The van der Waals surface area contributed by atoms with Crippen molar-refractivity contribution < 1.29 is 0 Å². The van der Waals surface area contributed by atoms with E-state index in [2.05, 4.69) is 30.6 Å². The molecule has 0 aromatic rings. The molecule has 0 aromatic carbocycles. The first-order chi connectivity index (χ1) is 9.19. The Hall–Kier alpha value is -0.0800. The van der Waals surface area contributed by atoms with Gasteiger partial charge in [0.1, 0.15) is 0 Å². The van der Waals surface area contributed by atoms with Gasteiger partial charge in [-0.25, -0.2) is 0 Å². The van der Waals surface area contributed by atoms with E-state index < -0.39 is 0 Å². The highest BCUT2D eigenvalue weighted by molar-refractivity contribution is 4.78. The van der Waals surface area contributed by atoms with Gasteiger partial charge in [0, 0.05) is 12.6 Å². The first kappa shape index (κ1) is 15.3. The number of hydrogen-bond acceptors (Lipinski definition) is 2. The Morgan fingerprint density at radius 3 is 2.26 bits per heavy atom. The molecule has 0 radical (unpaired) electrons. The van der Waals surface area contributed by atoms with Crippen LogP contribution in [0, 0.1) is 11.8 Å². The quantitative estimate of drug-likeness (QED) is 0.724. The standard InChI is InChI=1S/C17H34N2/c1-4-5-17-7-11-18(14-17)10-6-16-8-12-19(13-9-16)15(2)3/h15-17H,4-14H2,1-3H3. The lowest BCUT2D eigenvalue weighted by atomic mass is 9.93. The highest BCUT2D eigenvalue weighted by Gasteiger charge is 2.24. The summed E-state index contributed by atoms with van der Waals surface area (Å²) in [5.74, 6) is 2.01. The maximum atomic E-state index is 2.73. The minimum atomic E-state index is 0.745. The van der Waals surface area contributed by atoms with E-state index >= 15 is 0 Å². The predicted molar refractivity (Wildman–Crippen MR) is 83.5 cm³/mol. The van der Waals surface area contributed by atoms with E-state index in [1.165, 1.54) is 71.2 Å². The van der Waals surface area contributed by atoms with Crippen LogP contribution in [0.4, 0.5) is 0 Å². The lowest BCUT2D eigenvalue weighted by Gasteiger charge is -2.35. The average Bonchev–Trinajstić information content (AvgIpc) is 2.85. The van der Waals surface area contributed by atoms with Crippen LogP contribution in [0.15, 0.2) is 0 Å². The van der Waals surface area contributed by atoms with Gasteiger partial charge < -0.3 is 9.80 Å². The first-order valence-corrected chi connectivity index (χ1v) is 8.65. The Balaban J connectivity index is 1.59. The molecular weight excluding hydrogens is 232 g/mol. The van der Waals surface area contributed by atoms with Crippen LogP contribution < -0.4 is 0 Å². The molecule has 0 bridgehead atoms. The van der Waals surface area contributed by atoms with E-state index in [9.17, 15) is 0 Å². The normalized spacial score (nSPS) is 27.5. The summed E-state index contributed by atoms with van der Waals surface area (Å²) in [5.41, 5.74) is 0. The van der Waals surface area contributed by atoms with Crippen molar-refractivity contribution in [2.45, 2.75) is 65.3 Å². The monoisotopic (exact) mass is 266 g/mol. The second kappa shape index (κ2) is 7.64. The van der Waals surface area contributed by atoms with E-state index in [1.807, 2.05) is 0 Å². The fourth-order valence-corrected chi connectivity index (χ4v) is 3.88. The minimum Gasteiger partial charge on any atom is -0.303 e. The minimum absolute atomic E-state index is 0.745. The zero-order valence-electron chi connectivity index (χ0n) is 13.4. The zero-order valence-corrected chi connectivity index (χ0v) is 13.4. The van der Waals surface area contributed by atoms with Gasteiger partial charge in [-0.15, -0.1) is 0 Å². The third-order valence-corrected chi connectivity index (χ3v) is 5.30. The van der Waals surface area contributed by atoms with Crippen LogP contribution in [0.5, 0.6) is 0 Å². The second-order valence-corrected chi connectivity index (χ2v) is 7.11. The highest BCUT2D eigenvalue weighted by Crippen LogP contribution is 2.25. The van der Waals surface area contributed by atoms with Gasteiger partial charge >= 0.3 is 0 Å². The third kappa shape index (κ3) is 4.75. The largest absolute Gasteiger partial charge is 0.303 e. The van der Waals surface area contributed by atoms with Crippen LogP contribution in [-0.4, -0.2) is 48.6 Å². The van der Waals surface area contributed by atoms with Crippen molar-refractivity contribution in [3.63, 3.8) is 0 Å². The van der Waals surface area contributed by atoms with Gasteiger partial charge in [-0.1, -0.05) is 13.3 Å². The van der Waals surface area contributed by atoms with Crippen LogP contribution >= 0.6 is 0 Å². The molecule has 0 aliphatic carbocycles. The fourth-order valence-electron chi connectivity index (χ4n) is 3.88. The molecule has 2 saturated heterocycles. The topological polar surface area (TPSA) is 6.48 Å². The van der Waals surface area contributed by atoms with E-state index in [0.717, 1.165) is 17.9 Å². The average molecular weight is 266 g/mol. The summed E-state index contributed by atoms with van der Waals surface area (Å²) >= 11 is 0. The van der Waals surface area contributed by atoms with Gasteiger partial charge in [0.25, 0.3) is 0 Å². The highest BCUT2D eigenvalue weighted by atomic mass is 15.2. The molecule has 2 aliphatic heterocycles. The van der Waals surface area contributed by atoms with Gasteiger partial charge in [0.05, 0.1) is 0 Å². The van der Waals surface area contributed by atoms with Gasteiger partial charge in [0.2, 0.25) is 0 Å². The maximum Gasteiger partial charge on any atom is 0.00385 e. The summed E-state index contributed by atoms with van der Waals surface area (Å²) in [4.78, 5) is 5.37. The molecule has 112 valence electrons. The molecule has 2 fully saturated rings. The molecule has 2 heterocycles. The second-order valence-electron chi connectivity index (χ2n) is 7.11. The van der Waals surface area contributed by atoms with Gasteiger partial charge in [0.15, 0.2) is 0 Å². The lowest BCUT2D eigenvalue weighted by Crippen LogP contribution is -2.39. The smallest absolute Gasteiger partial charge is 0.00385 e. The maximum absolute atomic E-state index is 2.73. The summed E-state index contributed by atoms with van der Waals surface area (Å²) < 4.78 is 0. The number of hydrogen-bond donors (Lipinski definition) is 0. The Labute approximate surface area is 120 Å². The molecule has 0 aromatic heterocycles. The summed E-state index contributed by atoms with van der Waals surface area (Å²) in [7, 11) is 0. The van der Waals surface area contributed by atoms with Crippen molar-refractivity contribution in [2.75, 3.05) is 32.7 Å². The molecule has 0 N–H and O–H groups in total. The van der Waals surface area contributed by atoms with E-state index in [4.69, 9.17) is 0 Å². The zero-order chi connectivity index (χ0) is 13.7. The molecule has 1 unspecified atom stereocenters. The molecule has 0 saturated carbocycles. The Kier molecular flexibility index (Phi) is 6.15. The van der Waals surface area contributed by atoms with Crippen molar-refractivity contribution in [1.82, 2.24) is 9.80 Å². The number of nitrogens with zero attached hydrogens (tertiary/aromatic N) is 2. The van der Waals surface area contributed by atoms with Crippen LogP contribution in [0.2, 0.25) is 0 Å². The Morgan fingerprint density at radius 2 is 1.63 bits per heavy atom. The Morgan fingerprint density at radius 1 is 0.947 bits per heavy atom. The van der Waals surface area contributed by atoms with Crippen LogP contribution in [0.25, 0.3) is 0 Å². The van der Waals surface area contributed by atoms with Gasteiger partial charge in [-0.3, -0.25) is 0 Å². The number of rotatable bonds is 6. The molecule has 0 spiro atoms. The van der Waals surface area contributed by atoms with Crippen molar-refractivity contribution in [2.24, 2.45) is 11.8 Å². The van der Waals surface area contributed by atoms with Crippen molar-refractivity contribution in [3.05, 3.63) is 0 Å². The molecule has 2 heteroatoms. The molecule has 2 rings (SSSR count). The summed E-state index contributed by atoms with van der Waals surface area (Å²) in [5, 5.41) is 0. The molecule has 2 aliphatic rings. The van der Waals surface area contributed by atoms with Gasteiger partial charge in [-0.05, 0) is 84.0 Å².